The molecule has 0 unspecified atom stereocenters. The summed E-state index contributed by atoms with van der Waals surface area (Å²) < 4.78 is 2.89. The summed E-state index contributed by atoms with van der Waals surface area (Å²) in [6.45, 7) is 3.88. The lowest BCUT2D eigenvalue weighted by Crippen LogP contribution is -2.31. The maximum Gasteiger partial charge on any atom is 0.224 e. The standard InChI is InChI=1S/C13H15BrN6/c1-9-3-6-19(8-10(9)14)11-7-12(18-13(15)17-11)20-5-2-4-16-20/h2,4-5,7H,3,6,8H2,1H3,(H2,15,17,18). The molecule has 0 aromatic carbocycles. The fourth-order valence-electron chi connectivity index (χ4n) is 2.14. The zero-order valence-corrected chi connectivity index (χ0v) is 12.7. The average molecular weight is 335 g/mol. The Hall–Kier alpha value is -1.89. The second kappa shape index (κ2) is 5.24. The van der Waals surface area contributed by atoms with Crippen LogP contribution in [0.25, 0.3) is 5.82 Å². The van der Waals surface area contributed by atoms with Crippen LogP contribution in [0.2, 0.25) is 0 Å². The van der Waals surface area contributed by atoms with Gasteiger partial charge in [-0.1, -0.05) is 21.5 Å². The first-order valence-electron chi connectivity index (χ1n) is 6.37. The third-order valence-electron chi connectivity index (χ3n) is 3.33. The molecule has 0 aliphatic carbocycles. The van der Waals surface area contributed by atoms with Gasteiger partial charge in [0.25, 0.3) is 0 Å². The Bertz CT molecular complexity index is 649. The van der Waals surface area contributed by atoms with E-state index in [9.17, 15) is 0 Å². The SMILES string of the molecule is CC1=C(Br)CN(c2cc(-n3cccn3)nc(N)n2)CC1. The fourth-order valence-corrected chi connectivity index (χ4v) is 2.64. The fraction of sp³-hybridized carbons (Fsp3) is 0.308. The monoisotopic (exact) mass is 334 g/mol. The highest BCUT2D eigenvalue weighted by Gasteiger charge is 2.18. The summed E-state index contributed by atoms with van der Waals surface area (Å²) in [5.74, 6) is 1.77. The Morgan fingerprint density at radius 2 is 2.10 bits per heavy atom. The van der Waals surface area contributed by atoms with Gasteiger partial charge >= 0.3 is 0 Å². The van der Waals surface area contributed by atoms with E-state index in [-0.39, 0.29) is 5.95 Å². The molecule has 2 aromatic heterocycles. The Balaban J connectivity index is 1.95. The maximum atomic E-state index is 5.82. The van der Waals surface area contributed by atoms with Crippen molar-refractivity contribution >= 4 is 27.7 Å². The highest BCUT2D eigenvalue weighted by atomic mass is 79.9. The van der Waals surface area contributed by atoms with Crippen molar-refractivity contribution in [1.29, 1.82) is 0 Å². The quantitative estimate of drug-likeness (QED) is 0.910. The minimum atomic E-state index is 0.260. The van der Waals surface area contributed by atoms with Crippen molar-refractivity contribution in [2.75, 3.05) is 23.7 Å². The van der Waals surface area contributed by atoms with Crippen molar-refractivity contribution in [2.24, 2.45) is 0 Å². The van der Waals surface area contributed by atoms with Gasteiger partial charge in [-0.05, 0) is 19.4 Å². The number of hydrogen-bond acceptors (Lipinski definition) is 5. The number of nitrogens with zero attached hydrogens (tertiary/aromatic N) is 5. The summed E-state index contributed by atoms with van der Waals surface area (Å²) in [4.78, 5) is 10.7. The molecule has 0 fully saturated rings. The van der Waals surface area contributed by atoms with Gasteiger partial charge < -0.3 is 10.6 Å². The van der Waals surface area contributed by atoms with Gasteiger partial charge in [0.1, 0.15) is 5.82 Å². The van der Waals surface area contributed by atoms with E-state index >= 15 is 0 Å². The van der Waals surface area contributed by atoms with Gasteiger partial charge in [0.2, 0.25) is 5.95 Å². The predicted octanol–water partition coefficient (Wildman–Crippen LogP) is 2.12. The van der Waals surface area contributed by atoms with Gasteiger partial charge in [-0.3, -0.25) is 0 Å². The van der Waals surface area contributed by atoms with Crippen LogP contribution in [0, 0.1) is 0 Å². The van der Waals surface area contributed by atoms with E-state index in [4.69, 9.17) is 5.73 Å². The molecule has 0 bridgehead atoms. The largest absolute Gasteiger partial charge is 0.368 e. The van der Waals surface area contributed by atoms with E-state index in [0.717, 1.165) is 25.3 Å². The Morgan fingerprint density at radius 3 is 2.80 bits per heavy atom. The summed E-state index contributed by atoms with van der Waals surface area (Å²) in [6, 6.07) is 3.76. The van der Waals surface area contributed by atoms with Crippen LogP contribution in [0.1, 0.15) is 13.3 Å². The summed E-state index contributed by atoms with van der Waals surface area (Å²) in [5, 5.41) is 4.17. The molecule has 104 valence electrons. The normalized spacial score (nSPS) is 15.8. The third-order valence-corrected chi connectivity index (χ3v) is 4.26. The van der Waals surface area contributed by atoms with Gasteiger partial charge in [0, 0.05) is 29.5 Å². The van der Waals surface area contributed by atoms with E-state index in [1.165, 1.54) is 10.1 Å². The number of anilines is 2. The van der Waals surface area contributed by atoms with Crippen LogP contribution >= 0.6 is 15.9 Å². The number of nitrogen functional groups attached to an aromatic ring is 1. The van der Waals surface area contributed by atoms with E-state index in [1.807, 2.05) is 18.3 Å². The van der Waals surface area contributed by atoms with Gasteiger partial charge in [0.05, 0.1) is 6.54 Å². The molecule has 2 aromatic rings. The van der Waals surface area contributed by atoms with Crippen LogP contribution in [-0.2, 0) is 0 Å². The number of halogens is 1. The number of hydrogen-bond donors (Lipinski definition) is 1. The second-order valence-corrected chi connectivity index (χ2v) is 5.71. The molecule has 20 heavy (non-hydrogen) atoms. The molecule has 0 saturated carbocycles. The molecular weight excluding hydrogens is 320 g/mol. The predicted molar refractivity (Wildman–Crippen MR) is 82.0 cm³/mol. The number of aromatic nitrogens is 4. The van der Waals surface area contributed by atoms with Crippen LogP contribution in [0.4, 0.5) is 11.8 Å². The lowest BCUT2D eigenvalue weighted by Gasteiger charge is -2.29. The van der Waals surface area contributed by atoms with Crippen molar-refractivity contribution in [3.63, 3.8) is 0 Å². The van der Waals surface area contributed by atoms with Crippen molar-refractivity contribution < 1.29 is 0 Å². The lowest BCUT2D eigenvalue weighted by atomic mass is 10.1. The average Bonchev–Trinajstić information content (AvgIpc) is 2.95. The summed E-state index contributed by atoms with van der Waals surface area (Å²) in [5.41, 5.74) is 7.21. The molecule has 6 nitrogen and oxygen atoms in total. The van der Waals surface area contributed by atoms with Crippen molar-refractivity contribution in [1.82, 2.24) is 19.7 Å². The van der Waals surface area contributed by atoms with Crippen LogP contribution in [0.15, 0.2) is 34.6 Å². The van der Waals surface area contributed by atoms with Crippen LogP contribution < -0.4 is 10.6 Å². The smallest absolute Gasteiger partial charge is 0.224 e. The molecule has 7 heteroatoms. The molecular formula is C13H15BrN6. The first kappa shape index (κ1) is 13.1. The topological polar surface area (TPSA) is 72.9 Å². The van der Waals surface area contributed by atoms with Crippen molar-refractivity contribution in [2.45, 2.75) is 13.3 Å². The van der Waals surface area contributed by atoms with Gasteiger partial charge in [-0.25, -0.2) is 4.68 Å². The molecule has 0 radical (unpaired) electrons. The van der Waals surface area contributed by atoms with Gasteiger partial charge in [-0.15, -0.1) is 0 Å². The van der Waals surface area contributed by atoms with Crippen LogP contribution in [-0.4, -0.2) is 32.8 Å². The molecule has 1 aliphatic heterocycles. The first-order valence-corrected chi connectivity index (χ1v) is 7.16. The van der Waals surface area contributed by atoms with Gasteiger partial charge in [-0.2, -0.15) is 15.1 Å². The minimum absolute atomic E-state index is 0.260. The van der Waals surface area contributed by atoms with E-state index in [0.29, 0.717) is 5.82 Å². The highest BCUT2D eigenvalue weighted by Crippen LogP contribution is 2.26. The highest BCUT2D eigenvalue weighted by molar-refractivity contribution is 9.11. The Labute approximate surface area is 125 Å². The summed E-state index contributed by atoms with van der Waals surface area (Å²) in [6.07, 6.45) is 4.56. The molecule has 3 heterocycles. The van der Waals surface area contributed by atoms with Crippen molar-refractivity contribution in [3.05, 3.63) is 34.6 Å². The lowest BCUT2D eigenvalue weighted by molar-refractivity contribution is 0.763. The molecule has 0 amide bonds. The molecule has 2 N–H and O–H groups in total. The van der Waals surface area contributed by atoms with Gasteiger partial charge in [0.15, 0.2) is 5.82 Å². The molecule has 0 saturated heterocycles. The van der Waals surface area contributed by atoms with Crippen LogP contribution in [0.5, 0.6) is 0 Å². The Morgan fingerprint density at radius 1 is 1.30 bits per heavy atom. The number of rotatable bonds is 2. The third kappa shape index (κ3) is 2.53. The zero-order valence-electron chi connectivity index (χ0n) is 11.1. The second-order valence-electron chi connectivity index (χ2n) is 4.75. The molecule has 0 atom stereocenters. The zero-order chi connectivity index (χ0) is 14.1. The number of nitrogens with two attached hydrogens (primary N) is 1. The summed E-state index contributed by atoms with van der Waals surface area (Å²) in [7, 11) is 0. The molecule has 3 rings (SSSR count). The minimum Gasteiger partial charge on any atom is -0.368 e. The molecule has 0 spiro atoms. The Kier molecular flexibility index (Phi) is 3.43. The van der Waals surface area contributed by atoms with Crippen LogP contribution in [0.3, 0.4) is 0 Å². The van der Waals surface area contributed by atoms with Crippen molar-refractivity contribution in [3.8, 4) is 5.82 Å². The van der Waals surface area contributed by atoms with E-state index < -0.39 is 0 Å². The van der Waals surface area contributed by atoms with E-state index in [1.54, 1.807) is 10.9 Å². The summed E-state index contributed by atoms with van der Waals surface area (Å²) >= 11 is 3.61. The first-order chi connectivity index (χ1) is 9.63. The van der Waals surface area contributed by atoms with E-state index in [2.05, 4.69) is 42.8 Å². The maximum absolute atomic E-state index is 5.82. The molecule has 1 aliphatic rings.